The number of hydrogen-bond acceptors (Lipinski definition) is 3. The fourth-order valence-corrected chi connectivity index (χ4v) is 3.44. The molecule has 30 heavy (non-hydrogen) atoms. The molecule has 4 heteroatoms. The zero-order valence-corrected chi connectivity index (χ0v) is 17.2. The lowest BCUT2D eigenvalue weighted by molar-refractivity contribution is 0.0955. The lowest BCUT2D eigenvalue weighted by atomic mass is 10.0. The van der Waals surface area contributed by atoms with Crippen molar-refractivity contribution in [2.24, 2.45) is 0 Å². The van der Waals surface area contributed by atoms with E-state index >= 15 is 0 Å². The summed E-state index contributed by atoms with van der Waals surface area (Å²) in [4.78, 5) is 17.8. The van der Waals surface area contributed by atoms with E-state index in [2.05, 4.69) is 24.4 Å². The summed E-state index contributed by atoms with van der Waals surface area (Å²) in [6, 6.07) is 25.7. The topological polar surface area (TPSA) is 51.2 Å². The van der Waals surface area contributed by atoms with Crippen molar-refractivity contribution in [3.63, 3.8) is 0 Å². The van der Waals surface area contributed by atoms with Gasteiger partial charge < -0.3 is 10.1 Å². The van der Waals surface area contributed by atoms with Crippen molar-refractivity contribution in [3.05, 3.63) is 95.6 Å². The van der Waals surface area contributed by atoms with Gasteiger partial charge >= 0.3 is 0 Å². The number of amides is 1. The smallest absolute Gasteiger partial charge is 0.252 e. The van der Waals surface area contributed by atoms with Gasteiger partial charge in [0.1, 0.15) is 5.75 Å². The van der Waals surface area contributed by atoms with Gasteiger partial charge in [-0.25, -0.2) is 4.98 Å². The number of aryl methyl sites for hydroxylation is 1. The molecule has 0 spiro atoms. The van der Waals surface area contributed by atoms with Crippen molar-refractivity contribution in [2.75, 3.05) is 13.7 Å². The summed E-state index contributed by atoms with van der Waals surface area (Å²) in [6.45, 7) is 2.61. The summed E-state index contributed by atoms with van der Waals surface area (Å²) >= 11 is 0. The van der Waals surface area contributed by atoms with E-state index in [1.54, 1.807) is 7.11 Å². The van der Waals surface area contributed by atoms with Crippen molar-refractivity contribution in [3.8, 4) is 17.0 Å². The number of rotatable bonds is 6. The number of methoxy groups -OCH3 is 1. The Morgan fingerprint density at radius 3 is 2.43 bits per heavy atom. The van der Waals surface area contributed by atoms with Crippen LogP contribution in [-0.4, -0.2) is 24.5 Å². The Hall–Kier alpha value is -3.66. The molecule has 4 nitrogen and oxygen atoms in total. The van der Waals surface area contributed by atoms with Crippen LogP contribution in [0.25, 0.3) is 22.2 Å². The number of benzene rings is 3. The Morgan fingerprint density at radius 2 is 1.70 bits per heavy atom. The highest BCUT2D eigenvalue weighted by molar-refractivity contribution is 6.07. The first-order valence-corrected chi connectivity index (χ1v) is 10.0. The minimum Gasteiger partial charge on any atom is -0.497 e. The van der Waals surface area contributed by atoms with Crippen LogP contribution < -0.4 is 10.1 Å². The standard InChI is InChI=1S/C26H24N2O2/c1-18-7-11-20(12-8-18)25-17-23(22-5-3-4-6-24(22)28-25)26(29)27-16-15-19-9-13-21(30-2)14-10-19/h3-14,17H,15-16H2,1-2H3,(H,27,29). The molecule has 1 amide bonds. The van der Waals surface area contributed by atoms with E-state index in [4.69, 9.17) is 9.72 Å². The fourth-order valence-electron chi connectivity index (χ4n) is 3.44. The zero-order chi connectivity index (χ0) is 20.9. The number of aromatic nitrogens is 1. The molecule has 0 unspecified atom stereocenters. The van der Waals surface area contributed by atoms with Gasteiger partial charge in [-0.3, -0.25) is 4.79 Å². The second-order valence-corrected chi connectivity index (χ2v) is 7.29. The summed E-state index contributed by atoms with van der Waals surface area (Å²) in [5.41, 5.74) is 5.60. The average molecular weight is 396 g/mol. The fraction of sp³-hybridized carbons (Fsp3) is 0.154. The molecule has 0 radical (unpaired) electrons. The molecule has 0 aliphatic carbocycles. The largest absolute Gasteiger partial charge is 0.497 e. The first-order valence-electron chi connectivity index (χ1n) is 10.0. The quantitative estimate of drug-likeness (QED) is 0.488. The van der Waals surface area contributed by atoms with Crippen molar-refractivity contribution in [2.45, 2.75) is 13.3 Å². The van der Waals surface area contributed by atoms with Gasteiger partial charge in [0.05, 0.1) is 23.9 Å². The van der Waals surface area contributed by atoms with Gasteiger partial charge in [-0.15, -0.1) is 0 Å². The minimum atomic E-state index is -0.0875. The van der Waals surface area contributed by atoms with Gasteiger partial charge in [0.15, 0.2) is 0 Å². The number of nitrogens with one attached hydrogen (secondary N) is 1. The molecule has 3 aromatic carbocycles. The van der Waals surface area contributed by atoms with E-state index in [1.807, 2.05) is 66.7 Å². The SMILES string of the molecule is COc1ccc(CCNC(=O)c2cc(-c3ccc(C)cc3)nc3ccccc23)cc1. The molecule has 0 bridgehead atoms. The molecule has 0 saturated heterocycles. The second-order valence-electron chi connectivity index (χ2n) is 7.29. The summed E-state index contributed by atoms with van der Waals surface area (Å²) in [6.07, 6.45) is 0.754. The van der Waals surface area contributed by atoms with Crippen LogP contribution in [0, 0.1) is 6.92 Å². The summed E-state index contributed by atoms with van der Waals surface area (Å²) < 4.78 is 5.19. The normalized spacial score (nSPS) is 10.7. The van der Waals surface area contributed by atoms with Crippen LogP contribution in [0.1, 0.15) is 21.5 Å². The van der Waals surface area contributed by atoms with Crippen LogP contribution in [0.5, 0.6) is 5.75 Å². The highest BCUT2D eigenvalue weighted by Gasteiger charge is 2.13. The lowest BCUT2D eigenvalue weighted by Crippen LogP contribution is -2.26. The number of pyridine rings is 1. The number of para-hydroxylation sites is 1. The van der Waals surface area contributed by atoms with Crippen molar-refractivity contribution in [1.82, 2.24) is 10.3 Å². The van der Waals surface area contributed by atoms with Crippen molar-refractivity contribution >= 4 is 16.8 Å². The zero-order valence-electron chi connectivity index (χ0n) is 17.2. The molecule has 1 heterocycles. The number of nitrogens with zero attached hydrogens (tertiary/aromatic N) is 1. The molecule has 0 saturated carbocycles. The van der Waals surface area contributed by atoms with E-state index in [0.717, 1.165) is 39.9 Å². The average Bonchev–Trinajstić information content (AvgIpc) is 2.79. The highest BCUT2D eigenvalue weighted by Crippen LogP contribution is 2.25. The maximum atomic E-state index is 13.0. The van der Waals surface area contributed by atoms with E-state index in [9.17, 15) is 4.79 Å². The van der Waals surface area contributed by atoms with E-state index in [-0.39, 0.29) is 5.91 Å². The van der Waals surface area contributed by atoms with Crippen LogP contribution in [0.15, 0.2) is 78.9 Å². The maximum absolute atomic E-state index is 13.0. The van der Waals surface area contributed by atoms with Gasteiger partial charge in [0, 0.05) is 17.5 Å². The number of carbonyl (C=O) groups is 1. The molecule has 150 valence electrons. The predicted octanol–water partition coefficient (Wildman–Crippen LogP) is 5.19. The Kier molecular flexibility index (Phi) is 5.75. The third-order valence-corrected chi connectivity index (χ3v) is 5.17. The Bertz CT molecular complexity index is 1170. The summed E-state index contributed by atoms with van der Waals surface area (Å²) in [5, 5.41) is 3.91. The number of fused-ring (bicyclic) bond motifs is 1. The third kappa shape index (κ3) is 4.33. The molecule has 0 fully saturated rings. The molecule has 4 aromatic rings. The maximum Gasteiger partial charge on any atom is 0.252 e. The van der Waals surface area contributed by atoms with Gasteiger partial charge in [-0.2, -0.15) is 0 Å². The van der Waals surface area contributed by atoms with Crippen LogP contribution in [0.3, 0.4) is 0 Å². The van der Waals surface area contributed by atoms with E-state index in [0.29, 0.717) is 12.1 Å². The molecule has 4 rings (SSSR count). The van der Waals surface area contributed by atoms with Gasteiger partial charge in [-0.05, 0) is 43.2 Å². The van der Waals surface area contributed by atoms with E-state index in [1.165, 1.54) is 5.56 Å². The molecule has 0 aliphatic heterocycles. The molecular weight excluding hydrogens is 372 g/mol. The number of hydrogen-bond donors (Lipinski definition) is 1. The van der Waals surface area contributed by atoms with Crippen LogP contribution in [-0.2, 0) is 6.42 Å². The Morgan fingerprint density at radius 1 is 0.967 bits per heavy atom. The van der Waals surface area contributed by atoms with Crippen molar-refractivity contribution < 1.29 is 9.53 Å². The minimum absolute atomic E-state index is 0.0875. The van der Waals surface area contributed by atoms with Crippen LogP contribution >= 0.6 is 0 Å². The van der Waals surface area contributed by atoms with Gasteiger partial charge in [0.25, 0.3) is 5.91 Å². The summed E-state index contributed by atoms with van der Waals surface area (Å²) in [7, 11) is 1.65. The first-order chi connectivity index (χ1) is 14.6. The van der Waals surface area contributed by atoms with Crippen LogP contribution in [0.2, 0.25) is 0 Å². The number of ether oxygens (including phenoxy) is 1. The number of carbonyl (C=O) groups excluding carboxylic acids is 1. The summed E-state index contributed by atoms with van der Waals surface area (Å²) in [5.74, 6) is 0.741. The Labute approximate surface area is 176 Å². The highest BCUT2D eigenvalue weighted by atomic mass is 16.5. The Balaban J connectivity index is 1.56. The second kappa shape index (κ2) is 8.78. The van der Waals surface area contributed by atoms with Crippen LogP contribution in [0.4, 0.5) is 0 Å². The molecular formula is C26H24N2O2. The van der Waals surface area contributed by atoms with E-state index < -0.39 is 0 Å². The third-order valence-electron chi connectivity index (χ3n) is 5.17. The molecule has 1 aromatic heterocycles. The monoisotopic (exact) mass is 396 g/mol. The molecule has 1 N–H and O–H groups in total. The van der Waals surface area contributed by atoms with Crippen molar-refractivity contribution in [1.29, 1.82) is 0 Å². The van der Waals surface area contributed by atoms with Gasteiger partial charge in [0.2, 0.25) is 0 Å². The lowest BCUT2D eigenvalue weighted by Gasteiger charge is -2.11. The predicted molar refractivity (Wildman–Crippen MR) is 121 cm³/mol. The molecule has 0 atom stereocenters. The molecule has 0 aliphatic rings. The van der Waals surface area contributed by atoms with Gasteiger partial charge in [-0.1, -0.05) is 60.2 Å². The first kappa shape index (κ1) is 19.6.